The number of hydrogen-bond acceptors (Lipinski definition) is 5. The predicted octanol–water partition coefficient (Wildman–Crippen LogP) is 6.61. The van der Waals surface area contributed by atoms with Gasteiger partial charge < -0.3 is 9.47 Å². The highest BCUT2D eigenvalue weighted by molar-refractivity contribution is 5.72. The van der Waals surface area contributed by atoms with Gasteiger partial charge in [0.1, 0.15) is 5.75 Å². The van der Waals surface area contributed by atoms with Gasteiger partial charge >= 0.3 is 5.97 Å². The number of carbonyl (C=O) groups excluding carboxylic acids is 1. The molecule has 5 nitrogen and oxygen atoms in total. The van der Waals surface area contributed by atoms with Crippen molar-refractivity contribution < 1.29 is 14.3 Å². The van der Waals surface area contributed by atoms with Crippen LogP contribution in [0.25, 0.3) is 11.4 Å². The molecule has 0 aliphatic rings. The van der Waals surface area contributed by atoms with E-state index in [0.29, 0.717) is 23.9 Å². The average molecular weight is 413 g/mol. The number of benzene rings is 1. The van der Waals surface area contributed by atoms with Gasteiger partial charge in [-0.3, -0.25) is 4.79 Å². The minimum atomic E-state index is -0.231. The van der Waals surface area contributed by atoms with E-state index >= 15 is 0 Å². The summed E-state index contributed by atoms with van der Waals surface area (Å²) in [6, 6.07) is 7.77. The van der Waals surface area contributed by atoms with Gasteiger partial charge in [0, 0.05) is 12.0 Å². The number of aromatic nitrogens is 2. The summed E-state index contributed by atoms with van der Waals surface area (Å²) in [5.41, 5.74) is 0.900. The maximum atomic E-state index is 11.9. The Balaban J connectivity index is 1.76. The van der Waals surface area contributed by atoms with Crippen LogP contribution >= 0.6 is 0 Å². The standard InChI is InChI=1S/C25H36N2O3/c1-4-6-7-8-9-17-29-22-15-13-21(14-16-22)25-26-18-23(19-27-25)30-24(28)12-10-11-20(3)5-2/h13-16,18-20H,4-12,17H2,1-3H3. The first-order valence-electron chi connectivity index (χ1n) is 11.4. The van der Waals surface area contributed by atoms with E-state index in [4.69, 9.17) is 9.47 Å². The van der Waals surface area contributed by atoms with Crippen LogP contribution in [0.4, 0.5) is 0 Å². The first-order valence-corrected chi connectivity index (χ1v) is 11.4. The third kappa shape index (κ3) is 8.93. The van der Waals surface area contributed by atoms with Crippen LogP contribution in [0.2, 0.25) is 0 Å². The molecule has 0 amide bonds. The molecule has 0 aliphatic heterocycles. The Labute approximate surface area is 181 Å². The maximum Gasteiger partial charge on any atom is 0.311 e. The summed E-state index contributed by atoms with van der Waals surface area (Å²) in [7, 11) is 0. The highest BCUT2D eigenvalue weighted by atomic mass is 16.5. The number of ether oxygens (including phenoxy) is 2. The van der Waals surface area contributed by atoms with Gasteiger partial charge in [-0.05, 0) is 43.0 Å². The lowest BCUT2D eigenvalue weighted by molar-refractivity contribution is -0.134. The molecule has 1 aromatic heterocycles. The van der Waals surface area contributed by atoms with Gasteiger partial charge in [-0.15, -0.1) is 0 Å². The van der Waals surface area contributed by atoms with Crippen molar-refractivity contribution in [3.63, 3.8) is 0 Å². The van der Waals surface area contributed by atoms with Crippen molar-refractivity contribution in [2.45, 2.75) is 78.6 Å². The molecule has 0 saturated carbocycles. The van der Waals surface area contributed by atoms with Gasteiger partial charge in [0.05, 0.1) is 19.0 Å². The summed E-state index contributed by atoms with van der Waals surface area (Å²) in [6.07, 6.45) is 12.7. The second-order valence-electron chi connectivity index (χ2n) is 7.91. The van der Waals surface area contributed by atoms with Crippen molar-refractivity contribution in [3.8, 4) is 22.9 Å². The molecule has 1 unspecified atom stereocenters. The van der Waals surface area contributed by atoms with E-state index in [1.54, 1.807) is 12.4 Å². The lowest BCUT2D eigenvalue weighted by Gasteiger charge is -2.08. The van der Waals surface area contributed by atoms with Crippen LogP contribution in [-0.4, -0.2) is 22.5 Å². The number of carbonyl (C=O) groups is 1. The van der Waals surface area contributed by atoms with Crippen LogP contribution in [0.15, 0.2) is 36.7 Å². The van der Waals surface area contributed by atoms with Crippen LogP contribution < -0.4 is 9.47 Å². The molecule has 0 saturated heterocycles. The number of rotatable bonds is 14. The van der Waals surface area contributed by atoms with Crippen molar-refractivity contribution in [2.24, 2.45) is 5.92 Å². The number of esters is 1. The van der Waals surface area contributed by atoms with E-state index in [2.05, 4.69) is 30.7 Å². The van der Waals surface area contributed by atoms with Crippen LogP contribution in [0.5, 0.6) is 11.5 Å². The predicted molar refractivity (Wildman–Crippen MR) is 121 cm³/mol. The molecule has 0 spiro atoms. The molecule has 2 rings (SSSR count). The SMILES string of the molecule is CCCCCCCOc1ccc(-c2ncc(OC(=O)CCCC(C)CC)cn2)cc1. The first kappa shape index (κ1) is 23.8. The summed E-state index contributed by atoms with van der Waals surface area (Å²) >= 11 is 0. The molecule has 0 bridgehead atoms. The fraction of sp³-hybridized carbons (Fsp3) is 0.560. The zero-order chi connectivity index (χ0) is 21.6. The summed E-state index contributed by atoms with van der Waals surface area (Å²) in [5, 5.41) is 0. The third-order valence-corrected chi connectivity index (χ3v) is 5.26. The van der Waals surface area contributed by atoms with Crippen molar-refractivity contribution in [1.29, 1.82) is 0 Å². The molecule has 1 heterocycles. The maximum absolute atomic E-state index is 11.9. The Bertz CT molecular complexity index is 729. The van der Waals surface area contributed by atoms with Crippen molar-refractivity contribution in [2.75, 3.05) is 6.61 Å². The first-order chi connectivity index (χ1) is 14.6. The molecule has 0 fully saturated rings. The molecule has 0 aliphatic carbocycles. The molecular weight excluding hydrogens is 376 g/mol. The molecule has 0 radical (unpaired) electrons. The van der Waals surface area contributed by atoms with E-state index in [9.17, 15) is 4.79 Å². The molecule has 30 heavy (non-hydrogen) atoms. The van der Waals surface area contributed by atoms with Gasteiger partial charge in [0.2, 0.25) is 0 Å². The molecule has 1 atom stereocenters. The lowest BCUT2D eigenvalue weighted by Crippen LogP contribution is -2.09. The highest BCUT2D eigenvalue weighted by Gasteiger charge is 2.08. The number of nitrogens with zero attached hydrogens (tertiary/aromatic N) is 2. The number of unbranched alkanes of at least 4 members (excludes halogenated alkanes) is 4. The van der Waals surface area contributed by atoms with E-state index < -0.39 is 0 Å². The molecule has 5 heteroatoms. The van der Waals surface area contributed by atoms with Gasteiger partial charge in [-0.2, -0.15) is 0 Å². The van der Waals surface area contributed by atoms with Gasteiger partial charge in [0.15, 0.2) is 11.6 Å². The van der Waals surface area contributed by atoms with E-state index in [0.717, 1.165) is 43.6 Å². The van der Waals surface area contributed by atoms with Gasteiger partial charge in [-0.1, -0.05) is 59.3 Å². The Morgan fingerprint density at radius 2 is 1.63 bits per heavy atom. The van der Waals surface area contributed by atoms with Gasteiger partial charge in [-0.25, -0.2) is 9.97 Å². The Morgan fingerprint density at radius 1 is 0.933 bits per heavy atom. The topological polar surface area (TPSA) is 61.3 Å². The normalized spacial score (nSPS) is 11.8. The van der Waals surface area contributed by atoms with Crippen molar-refractivity contribution in [1.82, 2.24) is 9.97 Å². The van der Waals surface area contributed by atoms with Crippen LogP contribution in [-0.2, 0) is 4.79 Å². The van der Waals surface area contributed by atoms with E-state index in [1.165, 1.54) is 25.7 Å². The zero-order valence-corrected chi connectivity index (χ0v) is 18.7. The van der Waals surface area contributed by atoms with Crippen LogP contribution in [0.3, 0.4) is 0 Å². The monoisotopic (exact) mass is 412 g/mol. The Morgan fingerprint density at radius 3 is 2.30 bits per heavy atom. The summed E-state index contributed by atoms with van der Waals surface area (Å²) in [6.45, 7) is 7.33. The quantitative estimate of drug-likeness (QED) is 0.258. The molecule has 164 valence electrons. The number of hydrogen-bond donors (Lipinski definition) is 0. The summed E-state index contributed by atoms with van der Waals surface area (Å²) in [4.78, 5) is 20.6. The van der Waals surface area contributed by atoms with Crippen LogP contribution in [0, 0.1) is 5.92 Å². The smallest absolute Gasteiger partial charge is 0.311 e. The lowest BCUT2D eigenvalue weighted by atomic mass is 10.0. The van der Waals surface area contributed by atoms with Crippen molar-refractivity contribution >= 4 is 5.97 Å². The largest absolute Gasteiger partial charge is 0.494 e. The molecule has 2 aromatic rings. The Hall–Kier alpha value is -2.43. The molecular formula is C25H36N2O3. The van der Waals surface area contributed by atoms with Crippen molar-refractivity contribution in [3.05, 3.63) is 36.7 Å². The van der Waals surface area contributed by atoms with Crippen LogP contribution in [0.1, 0.15) is 78.6 Å². The molecule has 0 N–H and O–H groups in total. The van der Waals surface area contributed by atoms with E-state index in [-0.39, 0.29) is 5.97 Å². The zero-order valence-electron chi connectivity index (χ0n) is 18.7. The minimum absolute atomic E-state index is 0.231. The highest BCUT2D eigenvalue weighted by Crippen LogP contribution is 2.21. The fourth-order valence-electron chi connectivity index (χ4n) is 3.10. The average Bonchev–Trinajstić information content (AvgIpc) is 2.77. The minimum Gasteiger partial charge on any atom is -0.494 e. The fourth-order valence-corrected chi connectivity index (χ4v) is 3.10. The Kier molecular flexibility index (Phi) is 10.9. The summed E-state index contributed by atoms with van der Waals surface area (Å²) < 4.78 is 11.1. The summed E-state index contributed by atoms with van der Waals surface area (Å²) in [5.74, 6) is 2.25. The second kappa shape index (κ2) is 13.7. The molecule has 1 aromatic carbocycles. The second-order valence-corrected chi connectivity index (χ2v) is 7.91. The third-order valence-electron chi connectivity index (χ3n) is 5.26. The van der Waals surface area contributed by atoms with Gasteiger partial charge in [0.25, 0.3) is 0 Å². The van der Waals surface area contributed by atoms with E-state index in [1.807, 2.05) is 24.3 Å².